The van der Waals surface area contributed by atoms with E-state index < -0.39 is 5.25 Å². The average molecular weight is 417 g/mol. The van der Waals surface area contributed by atoms with Gasteiger partial charge in [-0.1, -0.05) is 23.4 Å². The molecule has 0 aliphatic carbocycles. The Kier molecular flexibility index (Phi) is 6.67. The van der Waals surface area contributed by atoms with Gasteiger partial charge in [0.25, 0.3) is 0 Å². The van der Waals surface area contributed by atoms with Gasteiger partial charge in [0.1, 0.15) is 11.0 Å². The van der Waals surface area contributed by atoms with Gasteiger partial charge >= 0.3 is 0 Å². The van der Waals surface area contributed by atoms with Crippen LogP contribution in [-0.4, -0.2) is 35.6 Å². The monoisotopic (exact) mass is 416 g/mol. The van der Waals surface area contributed by atoms with Crippen molar-refractivity contribution in [1.29, 1.82) is 0 Å². The third kappa shape index (κ3) is 5.58. The van der Waals surface area contributed by atoms with Crippen molar-refractivity contribution in [1.82, 2.24) is 5.32 Å². The van der Waals surface area contributed by atoms with Crippen LogP contribution in [0.5, 0.6) is 5.75 Å². The van der Waals surface area contributed by atoms with Crippen molar-refractivity contribution in [3.05, 3.63) is 59.1 Å². The summed E-state index contributed by atoms with van der Waals surface area (Å²) in [5.41, 5.74) is 1.44. The van der Waals surface area contributed by atoms with E-state index in [0.29, 0.717) is 10.7 Å². The summed E-state index contributed by atoms with van der Waals surface area (Å²) in [6.45, 7) is 0. The van der Waals surface area contributed by atoms with E-state index in [1.165, 1.54) is 0 Å². The van der Waals surface area contributed by atoms with Gasteiger partial charge in [-0.05, 0) is 54.1 Å². The number of carbonyl (C=O) groups excluding carboxylic acids is 2. The number of benzene rings is 2. The molecular formula is C19H17ClN4O3S. The van der Waals surface area contributed by atoms with E-state index in [-0.39, 0.29) is 23.4 Å². The number of amidine groups is 1. The van der Waals surface area contributed by atoms with E-state index >= 15 is 0 Å². The Morgan fingerprint density at radius 1 is 1.25 bits per heavy atom. The van der Waals surface area contributed by atoms with E-state index in [2.05, 4.69) is 20.8 Å². The van der Waals surface area contributed by atoms with E-state index in [1.54, 1.807) is 37.6 Å². The molecular weight excluding hydrogens is 400 g/mol. The van der Waals surface area contributed by atoms with Crippen molar-refractivity contribution in [2.75, 3.05) is 12.4 Å². The molecule has 0 bridgehead atoms. The van der Waals surface area contributed by atoms with E-state index in [1.807, 2.05) is 24.3 Å². The van der Waals surface area contributed by atoms with Gasteiger partial charge in [-0.2, -0.15) is 5.10 Å². The van der Waals surface area contributed by atoms with Gasteiger partial charge in [0, 0.05) is 17.1 Å². The maximum absolute atomic E-state index is 12.4. The molecule has 2 aromatic carbocycles. The van der Waals surface area contributed by atoms with Gasteiger partial charge < -0.3 is 15.4 Å². The van der Waals surface area contributed by atoms with Crippen molar-refractivity contribution in [2.45, 2.75) is 11.7 Å². The van der Waals surface area contributed by atoms with Gasteiger partial charge in [-0.25, -0.2) is 0 Å². The normalized spacial score (nSPS) is 18.1. The molecule has 144 valence electrons. The number of rotatable bonds is 5. The van der Waals surface area contributed by atoms with E-state index in [0.717, 1.165) is 23.1 Å². The number of anilines is 1. The molecule has 2 N–H and O–H groups in total. The summed E-state index contributed by atoms with van der Waals surface area (Å²) in [4.78, 5) is 24.4. The smallest absolute Gasteiger partial charge is 0.238 e. The Bertz CT molecular complexity index is 914. The largest absolute Gasteiger partial charge is 0.497 e. The molecule has 0 aromatic heterocycles. The van der Waals surface area contributed by atoms with Crippen LogP contribution in [0.1, 0.15) is 12.0 Å². The fraction of sp³-hybridized carbons (Fsp3) is 0.158. The second-order valence-corrected chi connectivity index (χ2v) is 7.41. The predicted octanol–water partition coefficient (Wildman–Crippen LogP) is 3.30. The molecule has 2 aromatic rings. The number of carbonyl (C=O) groups is 2. The standard InChI is InChI=1S/C19H17ClN4O3S/c1-27-15-8-2-12(3-9-15)11-21-24-19-23-17(25)10-16(28-19)18(26)22-14-6-4-13(20)5-7-14/h2-9,11,16H,10H2,1H3,(H,22,26)(H,23,24,25)/b21-11+. The number of hydrogen-bond donors (Lipinski definition) is 2. The van der Waals surface area contributed by atoms with Gasteiger partial charge in [0.15, 0.2) is 5.17 Å². The highest BCUT2D eigenvalue weighted by Gasteiger charge is 2.30. The molecule has 1 saturated heterocycles. The molecule has 7 nitrogen and oxygen atoms in total. The Balaban J connectivity index is 1.63. The third-order valence-electron chi connectivity index (χ3n) is 3.75. The van der Waals surface area contributed by atoms with Crippen molar-refractivity contribution < 1.29 is 14.3 Å². The number of methoxy groups -OCH3 is 1. The summed E-state index contributed by atoms with van der Waals surface area (Å²) >= 11 is 6.99. The Morgan fingerprint density at radius 3 is 2.64 bits per heavy atom. The molecule has 0 radical (unpaired) electrons. The highest BCUT2D eigenvalue weighted by molar-refractivity contribution is 8.15. The second kappa shape index (κ2) is 9.38. The number of hydrogen-bond acceptors (Lipinski definition) is 6. The molecule has 1 fully saturated rings. The second-order valence-electron chi connectivity index (χ2n) is 5.78. The molecule has 2 amide bonds. The van der Waals surface area contributed by atoms with Crippen molar-refractivity contribution >= 4 is 52.2 Å². The molecule has 1 unspecified atom stereocenters. The predicted molar refractivity (Wildman–Crippen MR) is 112 cm³/mol. The average Bonchev–Trinajstić information content (AvgIpc) is 2.70. The molecule has 9 heteroatoms. The summed E-state index contributed by atoms with van der Waals surface area (Å²) in [5, 5.41) is 13.6. The van der Waals surface area contributed by atoms with Crippen LogP contribution < -0.4 is 15.4 Å². The van der Waals surface area contributed by atoms with Crippen LogP contribution in [-0.2, 0) is 9.59 Å². The summed E-state index contributed by atoms with van der Waals surface area (Å²) in [7, 11) is 1.59. The Hall–Kier alpha value is -2.84. The third-order valence-corrected chi connectivity index (χ3v) is 5.07. The lowest BCUT2D eigenvalue weighted by atomic mass is 10.2. The van der Waals surface area contributed by atoms with Crippen LogP contribution >= 0.6 is 23.4 Å². The Labute approximate surface area is 171 Å². The first-order chi connectivity index (χ1) is 13.5. The first-order valence-corrected chi connectivity index (χ1v) is 9.57. The first-order valence-electron chi connectivity index (χ1n) is 8.31. The highest BCUT2D eigenvalue weighted by Crippen LogP contribution is 2.23. The van der Waals surface area contributed by atoms with Gasteiger partial charge in [-0.15, -0.1) is 5.10 Å². The molecule has 1 aliphatic heterocycles. The summed E-state index contributed by atoms with van der Waals surface area (Å²) < 4.78 is 5.10. The number of halogens is 1. The topological polar surface area (TPSA) is 92.2 Å². The fourth-order valence-corrected chi connectivity index (χ4v) is 3.40. The molecule has 1 atom stereocenters. The van der Waals surface area contributed by atoms with Crippen LogP contribution in [0.4, 0.5) is 5.69 Å². The SMILES string of the molecule is COc1ccc(/C=N/N=C2/NC(=O)CC(C(=O)Nc3ccc(Cl)cc3)S2)cc1. The van der Waals surface area contributed by atoms with E-state index in [9.17, 15) is 9.59 Å². The minimum absolute atomic E-state index is 0.0608. The zero-order chi connectivity index (χ0) is 19.9. The highest BCUT2D eigenvalue weighted by atomic mass is 35.5. The van der Waals surface area contributed by atoms with Gasteiger partial charge in [0.2, 0.25) is 11.8 Å². The maximum Gasteiger partial charge on any atom is 0.238 e. The van der Waals surface area contributed by atoms with Crippen LogP contribution in [0.3, 0.4) is 0 Å². The number of amides is 2. The lowest BCUT2D eigenvalue weighted by Crippen LogP contribution is -2.41. The maximum atomic E-state index is 12.4. The zero-order valence-corrected chi connectivity index (χ0v) is 16.5. The van der Waals surface area contributed by atoms with E-state index in [4.69, 9.17) is 16.3 Å². The number of nitrogens with zero attached hydrogens (tertiary/aromatic N) is 2. The molecule has 3 rings (SSSR count). The minimum Gasteiger partial charge on any atom is -0.497 e. The van der Waals surface area contributed by atoms with Crippen LogP contribution in [0.15, 0.2) is 58.7 Å². The quantitative estimate of drug-likeness (QED) is 0.577. The van der Waals surface area contributed by atoms with Crippen LogP contribution in [0.25, 0.3) is 0 Å². The summed E-state index contributed by atoms with van der Waals surface area (Å²) in [5.74, 6) is 0.176. The molecule has 0 saturated carbocycles. The summed E-state index contributed by atoms with van der Waals surface area (Å²) in [6.07, 6.45) is 1.61. The first kappa shape index (κ1) is 19.9. The molecule has 1 heterocycles. The van der Waals surface area contributed by atoms with Crippen molar-refractivity contribution in [2.24, 2.45) is 10.2 Å². The fourth-order valence-electron chi connectivity index (χ4n) is 2.33. The van der Waals surface area contributed by atoms with Gasteiger partial charge in [0.05, 0.1) is 13.3 Å². The number of ether oxygens (including phenoxy) is 1. The van der Waals surface area contributed by atoms with Crippen molar-refractivity contribution in [3.8, 4) is 5.75 Å². The zero-order valence-electron chi connectivity index (χ0n) is 14.9. The lowest BCUT2D eigenvalue weighted by molar-refractivity contribution is -0.123. The van der Waals surface area contributed by atoms with Crippen LogP contribution in [0, 0.1) is 0 Å². The van der Waals surface area contributed by atoms with Gasteiger partial charge in [-0.3, -0.25) is 9.59 Å². The Morgan fingerprint density at radius 2 is 1.96 bits per heavy atom. The molecule has 1 aliphatic rings. The molecule has 28 heavy (non-hydrogen) atoms. The minimum atomic E-state index is -0.598. The van der Waals surface area contributed by atoms with Crippen molar-refractivity contribution in [3.63, 3.8) is 0 Å². The number of thioether (sulfide) groups is 1. The van der Waals surface area contributed by atoms with Crippen LogP contribution in [0.2, 0.25) is 5.02 Å². The number of nitrogens with one attached hydrogen (secondary N) is 2. The molecule has 0 spiro atoms. The lowest BCUT2D eigenvalue weighted by Gasteiger charge is -2.21. The summed E-state index contributed by atoms with van der Waals surface area (Å²) in [6, 6.07) is 14.0.